The molecular weight excluding hydrogens is 246 g/mol. The van der Waals surface area contributed by atoms with Crippen LogP contribution in [0.1, 0.15) is 11.6 Å². The molecule has 1 aromatic heterocycles. The summed E-state index contributed by atoms with van der Waals surface area (Å²) in [5, 5.41) is 0.324. The van der Waals surface area contributed by atoms with Gasteiger partial charge in [-0.1, -0.05) is 0 Å². The van der Waals surface area contributed by atoms with E-state index < -0.39 is 24.0 Å². The van der Waals surface area contributed by atoms with E-state index in [9.17, 15) is 26.3 Å². The van der Waals surface area contributed by atoms with Crippen LogP contribution in [0, 0.1) is 0 Å². The Bertz CT molecular complexity index is 326. The number of halogens is 6. The Labute approximate surface area is 83.7 Å². The lowest BCUT2D eigenvalue weighted by Gasteiger charge is -2.20. The van der Waals surface area contributed by atoms with E-state index in [-0.39, 0.29) is 5.13 Å². The van der Waals surface area contributed by atoms with Gasteiger partial charge in [0.15, 0.2) is 11.0 Å². The monoisotopic (exact) mass is 250 g/mol. The average Bonchev–Trinajstić information content (AvgIpc) is 2.28. The second-order valence-corrected chi connectivity index (χ2v) is 3.52. The maximum Gasteiger partial charge on any atom is 0.406 e. The summed E-state index contributed by atoms with van der Waals surface area (Å²) in [6.07, 6.45) is -10.8. The van der Waals surface area contributed by atoms with Gasteiger partial charge in [0.1, 0.15) is 0 Å². The van der Waals surface area contributed by atoms with Crippen LogP contribution in [0.15, 0.2) is 5.38 Å². The Morgan fingerprint density at radius 2 is 1.60 bits per heavy atom. The van der Waals surface area contributed by atoms with Crippen LogP contribution in [0.5, 0.6) is 0 Å². The molecule has 0 amide bonds. The molecule has 0 aliphatic heterocycles. The number of alkyl halides is 6. The first kappa shape index (κ1) is 12.1. The van der Waals surface area contributed by atoms with Gasteiger partial charge >= 0.3 is 12.4 Å². The van der Waals surface area contributed by atoms with Crippen molar-refractivity contribution >= 4 is 16.5 Å². The Hall–Kier alpha value is -0.990. The molecule has 2 nitrogen and oxygen atoms in total. The third-order valence-corrected chi connectivity index (χ3v) is 2.18. The molecule has 1 heterocycles. The number of thiazole rings is 1. The van der Waals surface area contributed by atoms with Crippen molar-refractivity contribution in [1.29, 1.82) is 0 Å². The van der Waals surface area contributed by atoms with E-state index in [1.54, 1.807) is 0 Å². The first-order valence-corrected chi connectivity index (χ1v) is 4.34. The van der Waals surface area contributed by atoms with Crippen LogP contribution in [0.3, 0.4) is 0 Å². The van der Waals surface area contributed by atoms with Crippen LogP contribution in [0.2, 0.25) is 0 Å². The molecule has 0 spiro atoms. The molecule has 1 rings (SSSR count). The number of aromatic nitrogens is 1. The van der Waals surface area contributed by atoms with Gasteiger partial charge in [-0.15, -0.1) is 11.3 Å². The van der Waals surface area contributed by atoms with E-state index in [0.717, 1.165) is 0 Å². The summed E-state index contributed by atoms with van der Waals surface area (Å²) in [6, 6.07) is 0. The second-order valence-electron chi connectivity index (χ2n) is 2.63. The molecule has 0 unspecified atom stereocenters. The number of hydrogen-bond acceptors (Lipinski definition) is 3. The quantitative estimate of drug-likeness (QED) is 0.778. The topological polar surface area (TPSA) is 38.9 Å². The predicted octanol–water partition coefficient (Wildman–Crippen LogP) is 2.93. The van der Waals surface area contributed by atoms with Gasteiger partial charge in [-0.05, 0) is 0 Å². The molecule has 0 atom stereocenters. The summed E-state index contributed by atoms with van der Waals surface area (Å²) >= 11 is 0.532. The fourth-order valence-electron chi connectivity index (χ4n) is 0.954. The van der Waals surface area contributed by atoms with Gasteiger partial charge in [-0.25, -0.2) is 4.98 Å². The van der Waals surface area contributed by atoms with E-state index in [0.29, 0.717) is 16.7 Å². The number of rotatable bonds is 1. The largest absolute Gasteiger partial charge is 0.406 e. The fraction of sp³-hybridized carbons (Fsp3) is 0.500. The van der Waals surface area contributed by atoms with E-state index in [1.807, 2.05) is 0 Å². The highest BCUT2D eigenvalue weighted by molar-refractivity contribution is 7.13. The van der Waals surface area contributed by atoms with Gasteiger partial charge in [-0.3, -0.25) is 0 Å². The summed E-state index contributed by atoms with van der Waals surface area (Å²) in [4.78, 5) is 3.00. The lowest BCUT2D eigenvalue weighted by molar-refractivity contribution is -0.254. The first-order valence-electron chi connectivity index (χ1n) is 3.46. The highest BCUT2D eigenvalue weighted by Crippen LogP contribution is 2.46. The van der Waals surface area contributed by atoms with Crippen LogP contribution < -0.4 is 5.73 Å². The molecule has 9 heteroatoms. The summed E-state index contributed by atoms with van der Waals surface area (Å²) in [6.45, 7) is 0. The van der Waals surface area contributed by atoms with E-state index in [1.165, 1.54) is 0 Å². The second kappa shape index (κ2) is 3.54. The van der Waals surface area contributed by atoms with Crippen molar-refractivity contribution in [2.45, 2.75) is 18.3 Å². The van der Waals surface area contributed by atoms with E-state index >= 15 is 0 Å². The molecule has 0 aliphatic rings. The van der Waals surface area contributed by atoms with Crippen molar-refractivity contribution in [2.24, 2.45) is 0 Å². The summed E-state index contributed by atoms with van der Waals surface area (Å²) in [5.41, 5.74) is 3.86. The van der Waals surface area contributed by atoms with Gasteiger partial charge in [0.05, 0.1) is 5.69 Å². The lowest BCUT2D eigenvalue weighted by atomic mass is 10.1. The number of hydrogen-bond donors (Lipinski definition) is 1. The summed E-state index contributed by atoms with van der Waals surface area (Å²) in [7, 11) is 0. The van der Waals surface area contributed by atoms with Crippen LogP contribution in [-0.2, 0) is 0 Å². The van der Waals surface area contributed by atoms with Gasteiger partial charge in [0.2, 0.25) is 0 Å². The molecule has 0 radical (unpaired) electrons. The zero-order valence-electron chi connectivity index (χ0n) is 6.86. The van der Waals surface area contributed by atoms with Crippen LogP contribution in [-0.4, -0.2) is 17.3 Å². The highest BCUT2D eigenvalue weighted by atomic mass is 32.1. The van der Waals surface area contributed by atoms with Crippen LogP contribution >= 0.6 is 11.3 Å². The lowest BCUT2D eigenvalue weighted by Crippen LogP contribution is -2.34. The SMILES string of the molecule is Nc1nc(C(C(F)(F)F)C(F)(F)F)cs1. The number of anilines is 1. The predicted molar refractivity (Wildman–Crippen MR) is 41.4 cm³/mol. The minimum Gasteiger partial charge on any atom is -0.375 e. The maximum absolute atomic E-state index is 12.1. The summed E-state index contributed by atoms with van der Waals surface area (Å²) < 4.78 is 72.7. The molecule has 86 valence electrons. The van der Waals surface area contributed by atoms with Crippen molar-refractivity contribution in [3.05, 3.63) is 11.1 Å². The Kier molecular flexibility index (Phi) is 2.85. The van der Waals surface area contributed by atoms with Gasteiger partial charge in [0.25, 0.3) is 0 Å². The average molecular weight is 250 g/mol. The Morgan fingerprint density at radius 1 is 1.13 bits per heavy atom. The molecule has 0 fully saturated rings. The van der Waals surface area contributed by atoms with Gasteiger partial charge in [-0.2, -0.15) is 26.3 Å². The van der Waals surface area contributed by atoms with Gasteiger partial charge in [0, 0.05) is 5.38 Å². The zero-order chi connectivity index (χ0) is 11.9. The molecule has 0 bridgehead atoms. The van der Waals surface area contributed by atoms with Crippen molar-refractivity contribution < 1.29 is 26.3 Å². The molecule has 0 saturated carbocycles. The third-order valence-electron chi connectivity index (χ3n) is 1.49. The zero-order valence-corrected chi connectivity index (χ0v) is 7.67. The molecular formula is C6H4F6N2S. The highest BCUT2D eigenvalue weighted by Gasteiger charge is 2.58. The van der Waals surface area contributed by atoms with Crippen LogP contribution in [0.4, 0.5) is 31.5 Å². The normalized spacial score (nSPS) is 13.5. The minimum atomic E-state index is -5.42. The minimum absolute atomic E-state index is 0.330. The Balaban J connectivity index is 3.14. The standard InChI is InChI=1S/C6H4F6N2S/c7-5(8,9)3(6(10,11)12)2-1-15-4(13)14-2/h1,3H,(H2,13,14). The van der Waals surface area contributed by atoms with Crippen molar-refractivity contribution in [1.82, 2.24) is 4.98 Å². The number of nitrogen functional groups attached to an aromatic ring is 1. The van der Waals surface area contributed by atoms with Gasteiger partial charge < -0.3 is 5.73 Å². The molecule has 1 aromatic rings. The number of nitrogens with zero attached hydrogens (tertiary/aromatic N) is 1. The first-order chi connectivity index (χ1) is 6.62. The van der Waals surface area contributed by atoms with E-state index in [4.69, 9.17) is 5.73 Å². The molecule has 15 heavy (non-hydrogen) atoms. The smallest absolute Gasteiger partial charge is 0.375 e. The summed E-state index contributed by atoms with van der Waals surface area (Å²) in [5.74, 6) is -3.57. The van der Waals surface area contributed by atoms with Crippen LogP contribution in [0.25, 0.3) is 0 Å². The fourth-order valence-corrected chi connectivity index (χ4v) is 1.54. The van der Waals surface area contributed by atoms with Crippen molar-refractivity contribution in [3.8, 4) is 0 Å². The molecule has 0 aromatic carbocycles. The third kappa shape index (κ3) is 2.74. The van der Waals surface area contributed by atoms with Crippen molar-refractivity contribution in [3.63, 3.8) is 0 Å². The maximum atomic E-state index is 12.1. The number of nitrogens with two attached hydrogens (primary N) is 1. The van der Waals surface area contributed by atoms with Crippen molar-refractivity contribution in [2.75, 3.05) is 5.73 Å². The Morgan fingerprint density at radius 3 is 1.87 bits per heavy atom. The molecule has 0 aliphatic carbocycles. The molecule has 2 N–H and O–H groups in total. The van der Waals surface area contributed by atoms with E-state index in [2.05, 4.69) is 4.98 Å². The molecule has 0 saturated heterocycles.